The van der Waals surface area contributed by atoms with E-state index in [4.69, 9.17) is 0 Å². The summed E-state index contributed by atoms with van der Waals surface area (Å²) in [5, 5.41) is 3.24. The third-order valence-electron chi connectivity index (χ3n) is 6.66. The Bertz CT molecular complexity index is 1380. The molecule has 8 heteroatoms. The van der Waals surface area contributed by atoms with Gasteiger partial charge in [0.25, 0.3) is 0 Å². The average molecular weight is 555 g/mol. The molecule has 0 saturated heterocycles. The average Bonchev–Trinajstić information content (AvgIpc) is 2.98. The van der Waals surface area contributed by atoms with Crippen molar-refractivity contribution >= 4 is 39.0 Å². The molecule has 1 heterocycles. The number of halogens is 4. The number of fused-ring (bicyclic) bond motifs is 1. The second-order valence-corrected chi connectivity index (χ2v) is 10.0. The Morgan fingerprint density at radius 2 is 1.69 bits per heavy atom. The fourth-order valence-electron chi connectivity index (χ4n) is 5.02. The number of aryl methyl sites for hydroxylation is 1. The number of benzene rings is 3. The molecule has 3 aromatic rings. The van der Waals surface area contributed by atoms with E-state index < -0.39 is 18.1 Å². The number of Topliss-reactive ketones (excluding diaryl/α,β-unsaturated/α-hetero) is 1. The summed E-state index contributed by atoms with van der Waals surface area (Å²) in [4.78, 5) is 27.4. The molecule has 1 aliphatic heterocycles. The minimum Gasteiger partial charge on any atom is -0.357 e. The van der Waals surface area contributed by atoms with E-state index in [1.807, 2.05) is 31.2 Å². The summed E-state index contributed by atoms with van der Waals surface area (Å²) >= 11 is 3.38. The molecule has 0 radical (unpaired) electrons. The summed E-state index contributed by atoms with van der Waals surface area (Å²) in [6.07, 6.45) is -4.57. The van der Waals surface area contributed by atoms with Crippen molar-refractivity contribution in [2.75, 3.05) is 10.2 Å². The molecule has 1 N–H and O–H groups in total. The number of ketones is 1. The molecule has 5 rings (SSSR count). The maximum absolute atomic E-state index is 13.9. The van der Waals surface area contributed by atoms with E-state index in [1.165, 1.54) is 6.07 Å². The lowest BCUT2D eigenvalue weighted by atomic mass is 9.78. The van der Waals surface area contributed by atoms with Crippen LogP contribution in [0.4, 0.5) is 24.5 Å². The summed E-state index contributed by atoms with van der Waals surface area (Å²) < 4.78 is 42.5. The molecule has 0 aromatic heterocycles. The van der Waals surface area contributed by atoms with E-state index in [2.05, 4.69) is 21.2 Å². The number of rotatable bonds is 2. The molecule has 1 aliphatic carbocycles. The van der Waals surface area contributed by atoms with Gasteiger partial charge in [0.05, 0.1) is 17.4 Å². The van der Waals surface area contributed by atoms with Crippen LogP contribution in [0.1, 0.15) is 41.5 Å². The summed E-state index contributed by atoms with van der Waals surface area (Å²) in [6.45, 7) is 1.98. The Morgan fingerprint density at radius 1 is 0.972 bits per heavy atom. The van der Waals surface area contributed by atoms with Gasteiger partial charge in [-0.2, -0.15) is 13.2 Å². The Labute approximate surface area is 214 Å². The van der Waals surface area contributed by atoms with Crippen LogP contribution < -0.4 is 10.2 Å². The lowest BCUT2D eigenvalue weighted by Gasteiger charge is -2.35. The Balaban J connectivity index is 1.73. The molecule has 4 nitrogen and oxygen atoms in total. The van der Waals surface area contributed by atoms with E-state index >= 15 is 0 Å². The van der Waals surface area contributed by atoms with Crippen LogP contribution in [0.3, 0.4) is 0 Å². The molecule has 3 aromatic carbocycles. The highest BCUT2D eigenvalue weighted by Gasteiger charge is 2.50. The van der Waals surface area contributed by atoms with Gasteiger partial charge in [0.15, 0.2) is 5.78 Å². The molecule has 36 heavy (non-hydrogen) atoms. The molecule has 0 unspecified atom stereocenters. The van der Waals surface area contributed by atoms with Crippen molar-refractivity contribution in [1.82, 2.24) is 0 Å². The molecule has 2 atom stereocenters. The van der Waals surface area contributed by atoms with Gasteiger partial charge >= 0.3 is 12.1 Å². The zero-order chi connectivity index (χ0) is 25.6. The molecular weight excluding hydrogens is 533 g/mol. The molecular formula is C28H22BrF3N2O2. The van der Waals surface area contributed by atoms with Gasteiger partial charge in [-0.05, 0) is 54.7 Å². The van der Waals surface area contributed by atoms with Gasteiger partial charge in [0.2, 0.25) is 0 Å². The van der Waals surface area contributed by atoms with Crippen molar-refractivity contribution in [2.45, 2.75) is 37.9 Å². The first-order valence-corrected chi connectivity index (χ1v) is 12.3. The Hall–Kier alpha value is -3.39. The number of alkyl halides is 3. The minimum atomic E-state index is -5.13. The number of amides is 1. The standard InChI is InChI=1S/C28H22BrF3N2O2/c1-16-9-11-17(12-10-16)19-14-22-25(24(35)15-19)26(18-5-4-6-20(29)13-18)34(27(36)28(30,31)32)23-8-3-2-7-21(23)33-22/h2-13,19,26,33H,14-15H2,1H3/t19-,26-/m0/s1. The maximum atomic E-state index is 13.9. The van der Waals surface area contributed by atoms with Gasteiger partial charge in [-0.25, -0.2) is 0 Å². The third-order valence-corrected chi connectivity index (χ3v) is 7.16. The van der Waals surface area contributed by atoms with Gasteiger partial charge < -0.3 is 5.32 Å². The molecule has 2 aliphatic rings. The Morgan fingerprint density at radius 3 is 2.39 bits per heavy atom. The zero-order valence-electron chi connectivity index (χ0n) is 19.3. The van der Waals surface area contributed by atoms with Crippen LogP contribution in [0.15, 0.2) is 88.5 Å². The molecule has 0 saturated carbocycles. The number of carbonyl (C=O) groups is 2. The topological polar surface area (TPSA) is 49.4 Å². The second kappa shape index (κ2) is 9.24. The van der Waals surface area contributed by atoms with Crippen LogP contribution in [-0.4, -0.2) is 17.9 Å². The van der Waals surface area contributed by atoms with Gasteiger partial charge in [-0.1, -0.05) is 70.0 Å². The van der Waals surface area contributed by atoms with Gasteiger partial charge in [-0.3, -0.25) is 14.5 Å². The molecule has 184 valence electrons. The second-order valence-electron chi connectivity index (χ2n) is 9.10. The first kappa shape index (κ1) is 24.3. The maximum Gasteiger partial charge on any atom is 0.471 e. The zero-order valence-corrected chi connectivity index (χ0v) is 20.9. The lowest BCUT2D eigenvalue weighted by molar-refractivity contribution is -0.170. The number of hydrogen-bond acceptors (Lipinski definition) is 3. The van der Waals surface area contributed by atoms with Crippen molar-refractivity contribution in [3.05, 3.63) is 105 Å². The molecule has 0 spiro atoms. The highest BCUT2D eigenvalue weighted by atomic mass is 79.9. The molecule has 0 fully saturated rings. The number of allylic oxidation sites excluding steroid dienone is 1. The smallest absolute Gasteiger partial charge is 0.357 e. The highest BCUT2D eigenvalue weighted by Crippen LogP contribution is 2.48. The van der Waals surface area contributed by atoms with Crippen LogP contribution in [0, 0.1) is 6.92 Å². The fraction of sp³-hybridized carbons (Fsp3) is 0.214. The number of nitrogens with zero attached hydrogens (tertiary/aromatic N) is 1. The largest absolute Gasteiger partial charge is 0.471 e. The van der Waals surface area contributed by atoms with Gasteiger partial charge in [0, 0.05) is 22.2 Å². The highest BCUT2D eigenvalue weighted by molar-refractivity contribution is 9.10. The van der Waals surface area contributed by atoms with Crippen molar-refractivity contribution in [2.24, 2.45) is 0 Å². The summed E-state index contributed by atoms with van der Waals surface area (Å²) in [5.74, 6) is -2.44. The van der Waals surface area contributed by atoms with Gasteiger partial charge in [0.1, 0.15) is 0 Å². The number of hydrogen-bond donors (Lipinski definition) is 1. The normalized spacial score (nSPS) is 19.8. The number of carbonyl (C=O) groups excluding carboxylic acids is 2. The fourth-order valence-corrected chi connectivity index (χ4v) is 5.43. The third kappa shape index (κ3) is 4.46. The van der Waals surface area contributed by atoms with E-state index in [9.17, 15) is 22.8 Å². The van der Waals surface area contributed by atoms with Crippen LogP contribution in [0.25, 0.3) is 0 Å². The quantitative estimate of drug-likeness (QED) is 0.363. The van der Waals surface area contributed by atoms with Crippen LogP contribution in [0.5, 0.6) is 0 Å². The van der Waals surface area contributed by atoms with Crippen molar-refractivity contribution in [3.8, 4) is 0 Å². The first-order chi connectivity index (χ1) is 17.1. The molecule has 0 bridgehead atoms. The predicted octanol–water partition coefficient (Wildman–Crippen LogP) is 7.22. The van der Waals surface area contributed by atoms with E-state index in [0.29, 0.717) is 27.8 Å². The van der Waals surface area contributed by atoms with Crippen molar-refractivity contribution < 1.29 is 22.8 Å². The van der Waals surface area contributed by atoms with Crippen LogP contribution in [0.2, 0.25) is 0 Å². The number of para-hydroxylation sites is 2. The lowest BCUT2D eigenvalue weighted by Crippen LogP contribution is -2.45. The summed E-state index contributed by atoms with van der Waals surface area (Å²) in [6, 6.07) is 19.8. The monoisotopic (exact) mass is 554 g/mol. The van der Waals surface area contributed by atoms with Crippen molar-refractivity contribution in [3.63, 3.8) is 0 Å². The first-order valence-electron chi connectivity index (χ1n) is 11.5. The van der Waals surface area contributed by atoms with Gasteiger partial charge in [-0.15, -0.1) is 0 Å². The van der Waals surface area contributed by atoms with E-state index in [0.717, 1.165) is 16.0 Å². The minimum absolute atomic E-state index is 0.0684. The predicted molar refractivity (Wildman–Crippen MR) is 136 cm³/mol. The Kier molecular flexibility index (Phi) is 6.24. The summed E-state index contributed by atoms with van der Waals surface area (Å²) in [5.41, 5.74) is 3.63. The van der Waals surface area contributed by atoms with E-state index in [-0.39, 0.29) is 29.4 Å². The van der Waals surface area contributed by atoms with Crippen molar-refractivity contribution in [1.29, 1.82) is 0 Å². The number of nitrogens with one attached hydrogen (secondary N) is 1. The number of anilines is 2. The SMILES string of the molecule is Cc1ccc([C@@H]2CC(=O)C3=C(C2)Nc2ccccc2N(C(=O)C(F)(F)F)[C@H]3c2cccc(Br)c2)cc1. The van der Waals surface area contributed by atoms with E-state index in [1.54, 1.807) is 42.5 Å². The summed E-state index contributed by atoms with van der Waals surface area (Å²) in [7, 11) is 0. The molecule has 1 amide bonds. The van der Waals surface area contributed by atoms with Crippen LogP contribution in [-0.2, 0) is 9.59 Å². The van der Waals surface area contributed by atoms with Crippen LogP contribution >= 0.6 is 15.9 Å².